The standard InChI is InChI=1S/C25H27N3O4S/c1-19-13-14-23(20(2)15-19)28(33(3,30)31)17-25(29)27-26-16-22-11-7-8-12-24(22)32-18-21-9-5-4-6-10-21/h4-16H,17-18H2,1-3H3,(H,27,29)/b26-16-. The maximum absolute atomic E-state index is 12.5. The molecule has 0 aliphatic heterocycles. The summed E-state index contributed by atoms with van der Waals surface area (Å²) in [5.41, 5.74) is 6.35. The van der Waals surface area contributed by atoms with Crippen molar-refractivity contribution < 1.29 is 17.9 Å². The number of benzene rings is 3. The Labute approximate surface area is 194 Å². The first kappa shape index (κ1) is 24.0. The molecule has 7 nitrogen and oxygen atoms in total. The SMILES string of the molecule is Cc1ccc(N(CC(=O)N/N=C\c2ccccc2OCc2ccccc2)S(C)(=O)=O)c(C)c1. The average molecular weight is 466 g/mol. The van der Waals surface area contributed by atoms with Gasteiger partial charge in [-0.1, -0.05) is 60.2 Å². The van der Waals surface area contributed by atoms with Gasteiger partial charge in [-0.3, -0.25) is 9.10 Å². The van der Waals surface area contributed by atoms with Gasteiger partial charge in [0, 0.05) is 5.56 Å². The highest BCUT2D eigenvalue weighted by atomic mass is 32.2. The lowest BCUT2D eigenvalue weighted by Gasteiger charge is -2.23. The van der Waals surface area contributed by atoms with Gasteiger partial charge in [0.05, 0.1) is 18.2 Å². The minimum absolute atomic E-state index is 0.383. The number of hydrogen-bond acceptors (Lipinski definition) is 5. The van der Waals surface area contributed by atoms with Crippen LogP contribution in [0.4, 0.5) is 5.69 Å². The third-order valence-corrected chi connectivity index (χ3v) is 5.98. The fourth-order valence-corrected chi connectivity index (χ4v) is 4.17. The van der Waals surface area contributed by atoms with Crippen molar-refractivity contribution >= 4 is 27.8 Å². The molecule has 0 fully saturated rings. The maximum Gasteiger partial charge on any atom is 0.260 e. The molecule has 0 radical (unpaired) electrons. The van der Waals surface area contributed by atoms with Gasteiger partial charge < -0.3 is 4.74 Å². The normalized spacial score (nSPS) is 11.4. The van der Waals surface area contributed by atoms with Crippen molar-refractivity contribution in [2.75, 3.05) is 17.1 Å². The molecule has 8 heteroatoms. The monoisotopic (exact) mass is 465 g/mol. The predicted molar refractivity (Wildman–Crippen MR) is 131 cm³/mol. The van der Waals surface area contributed by atoms with E-state index in [1.165, 1.54) is 6.21 Å². The Bertz CT molecular complexity index is 1240. The smallest absolute Gasteiger partial charge is 0.260 e. The van der Waals surface area contributed by atoms with Gasteiger partial charge in [-0.2, -0.15) is 5.10 Å². The maximum atomic E-state index is 12.5. The van der Waals surface area contributed by atoms with Gasteiger partial charge in [0.25, 0.3) is 5.91 Å². The summed E-state index contributed by atoms with van der Waals surface area (Å²) in [6.07, 6.45) is 2.54. The summed E-state index contributed by atoms with van der Waals surface area (Å²) in [6, 6.07) is 22.5. The van der Waals surface area contributed by atoms with Crippen LogP contribution < -0.4 is 14.5 Å². The molecule has 3 rings (SSSR count). The summed E-state index contributed by atoms with van der Waals surface area (Å²) in [6.45, 7) is 3.75. The van der Waals surface area contributed by atoms with E-state index >= 15 is 0 Å². The second-order valence-corrected chi connectivity index (χ2v) is 9.57. The number of hydrogen-bond donors (Lipinski definition) is 1. The third kappa shape index (κ3) is 6.92. The fraction of sp³-hybridized carbons (Fsp3) is 0.200. The number of sulfonamides is 1. The van der Waals surface area contributed by atoms with Crippen LogP contribution in [-0.2, 0) is 21.4 Å². The fourth-order valence-electron chi connectivity index (χ4n) is 3.26. The van der Waals surface area contributed by atoms with Crippen molar-refractivity contribution in [2.24, 2.45) is 5.10 Å². The predicted octanol–water partition coefficient (Wildman–Crippen LogP) is 3.80. The second-order valence-electron chi connectivity index (χ2n) is 7.66. The van der Waals surface area contributed by atoms with Crippen LogP contribution >= 0.6 is 0 Å². The molecule has 0 unspecified atom stereocenters. The van der Waals surface area contributed by atoms with Crippen LogP contribution in [0.1, 0.15) is 22.3 Å². The van der Waals surface area contributed by atoms with E-state index in [1.807, 2.05) is 80.6 Å². The van der Waals surface area contributed by atoms with Crippen molar-refractivity contribution in [2.45, 2.75) is 20.5 Å². The van der Waals surface area contributed by atoms with Gasteiger partial charge in [0.1, 0.15) is 18.9 Å². The minimum atomic E-state index is -3.67. The lowest BCUT2D eigenvalue weighted by Crippen LogP contribution is -2.39. The van der Waals surface area contributed by atoms with E-state index in [1.54, 1.807) is 6.07 Å². The Balaban J connectivity index is 1.67. The molecule has 172 valence electrons. The summed E-state index contributed by atoms with van der Waals surface area (Å²) in [4.78, 5) is 12.5. The Morgan fingerprint density at radius 3 is 2.42 bits per heavy atom. The van der Waals surface area contributed by atoms with E-state index in [2.05, 4.69) is 10.5 Å². The molecule has 0 atom stereocenters. The number of anilines is 1. The number of para-hydroxylation sites is 1. The van der Waals surface area contributed by atoms with Crippen molar-refractivity contribution in [1.29, 1.82) is 0 Å². The number of carbonyl (C=O) groups is 1. The van der Waals surface area contributed by atoms with Crippen LogP contribution in [0.15, 0.2) is 77.9 Å². The summed E-state index contributed by atoms with van der Waals surface area (Å²) in [5.74, 6) is 0.0618. The minimum Gasteiger partial charge on any atom is -0.488 e. The zero-order valence-corrected chi connectivity index (χ0v) is 19.7. The number of nitrogens with one attached hydrogen (secondary N) is 1. The van der Waals surface area contributed by atoms with Gasteiger partial charge >= 0.3 is 0 Å². The molecule has 0 heterocycles. The molecule has 3 aromatic carbocycles. The molecular formula is C25H27N3O4S. The summed E-state index contributed by atoms with van der Waals surface area (Å²) >= 11 is 0. The first-order valence-electron chi connectivity index (χ1n) is 10.4. The zero-order chi connectivity index (χ0) is 23.8. The summed E-state index contributed by atoms with van der Waals surface area (Å²) in [5, 5.41) is 4.00. The van der Waals surface area contributed by atoms with Crippen LogP contribution in [-0.4, -0.2) is 33.3 Å². The molecule has 3 aromatic rings. The Morgan fingerprint density at radius 2 is 1.73 bits per heavy atom. The third-order valence-electron chi connectivity index (χ3n) is 4.86. The highest BCUT2D eigenvalue weighted by Crippen LogP contribution is 2.23. The lowest BCUT2D eigenvalue weighted by atomic mass is 10.1. The van der Waals surface area contributed by atoms with E-state index in [0.717, 1.165) is 27.3 Å². The number of ether oxygens (including phenoxy) is 1. The van der Waals surface area contributed by atoms with Crippen molar-refractivity contribution in [3.05, 3.63) is 95.1 Å². The number of nitrogens with zero attached hydrogens (tertiary/aromatic N) is 2. The molecule has 0 spiro atoms. The van der Waals surface area contributed by atoms with Gasteiger partial charge in [-0.05, 0) is 43.2 Å². The Morgan fingerprint density at radius 1 is 1.03 bits per heavy atom. The molecule has 0 saturated heterocycles. The van der Waals surface area contributed by atoms with Crippen molar-refractivity contribution in [3.8, 4) is 5.75 Å². The molecule has 0 aliphatic carbocycles. The van der Waals surface area contributed by atoms with Gasteiger partial charge in [-0.25, -0.2) is 13.8 Å². The highest BCUT2D eigenvalue weighted by molar-refractivity contribution is 7.92. The quantitative estimate of drug-likeness (QED) is 0.385. The summed E-state index contributed by atoms with van der Waals surface area (Å²) in [7, 11) is -3.67. The lowest BCUT2D eigenvalue weighted by molar-refractivity contribution is -0.119. The van der Waals surface area contributed by atoms with Gasteiger partial charge in [0.2, 0.25) is 10.0 Å². The first-order chi connectivity index (χ1) is 15.7. The highest BCUT2D eigenvalue weighted by Gasteiger charge is 2.22. The van der Waals surface area contributed by atoms with Crippen LogP contribution in [0.25, 0.3) is 0 Å². The average Bonchev–Trinajstić information content (AvgIpc) is 2.77. The first-order valence-corrected chi connectivity index (χ1v) is 12.2. The molecule has 1 N–H and O–H groups in total. The van der Waals surface area contributed by atoms with Crippen LogP contribution in [0.5, 0.6) is 5.75 Å². The number of aryl methyl sites for hydroxylation is 2. The van der Waals surface area contributed by atoms with Crippen LogP contribution in [0.2, 0.25) is 0 Å². The van der Waals surface area contributed by atoms with E-state index in [-0.39, 0.29) is 6.54 Å². The molecule has 1 amide bonds. The molecule has 0 aliphatic rings. The van der Waals surface area contributed by atoms with Gasteiger partial charge in [0.15, 0.2) is 0 Å². The molecular weight excluding hydrogens is 438 g/mol. The second kappa shape index (κ2) is 10.8. The van der Waals surface area contributed by atoms with E-state index < -0.39 is 15.9 Å². The van der Waals surface area contributed by atoms with Gasteiger partial charge in [-0.15, -0.1) is 0 Å². The number of amides is 1. The molecule has 0 aromatic heterocycles. The molecule has 33 heavy (non-hydrogen) atoms. The topological polar surface area (TPSA) is 88.1 Å². The number of hydrazone groups is 1. The van der Waals surface area contributed by atoms with Crippen LogP contribution in [0, 0.1) is 13.8 Å². The van der Waals surface area contributed by atoms with E-state index in [9.17, 15) is 13.2 Å². The van der Waals surface area contributed by atoms with E-state index in [0.29, 0.717) is 23.6 Å². The van der Waals surface area contributed by atoms with Crippen LogP contribution in [0.3, 0.4) is 0 Å². The Hall–Kier alpha value is -3.65. The number of carbonyl (C=O) groups excluding carboxylic acids is 1. The van der Waals surface area contributed by atoms with E-state index in [4.69, 9.17) is 4.74 Å². The number of rotatable bonds is 9. The van der Waals surface area contributed by atoms with Crippen molar-refractivity contribution in [1.82, 2.24) is 5.43 Å². The van der Waals surface area contributed by atoms with Crippen molar-refractivity contribution in [3.63, 3.8) is 0 Å². The molecule has 0 saturated carbocycles. The zero-order valence-electron chi connectivity index (χ0n) is 18.9. The Kier molecular flexibility index (Phi) is 7.84. The molecule has 0 bridgehead atoms. The largest absolute Gasteiger partial charge is 0.488 e. The summed E-state index contributed by atoms with van der Waals surface area (Å²) < 4.78 is 31.6.